The Bertz CT molecular complexity index is 597. The third kappa shape index (κ3) is 7.65. The van der Waals surface area contributed by atoms with Gasteiger partial charge in [0.25, 0.3) is 0 Å². The van der Waals surface area contributed by atoms with Gasteiger partial charge in [0.15, 0.2) is 5.96 Å². The molecule has 152 valence electrons. The van der Waals surface area contributed by atoms with E-state index in [1.165, 1.54) is 11.1 Å². The molecule has 1 unspecified atom stereocenters. The maximum absolute atomic E-state index is 12.2. The Morgan fingerprint density at radius 2 is 1.81 bits per heavy atom. The number of aryl methyl sites for hydroxylation is 1. The number of rotatable bonds is 7. The van der Waals surface area contributed by atoms with Gasteiger partial charge in [0.1, 0.15) is 6.54 Å². The second kappa shape index (κ2) is 12.2. The van der Waals surface area contributed by atoms with Crippen molar-refractivity contribution in [2.75, 3.05) is 46.8 Å². The molecule has 1 amide bonds. The second-order valence-corrected chi connectivity index (χ2v) is 7.05. The summed E-state index contributed by atoms with van der Waals surface area (Å²) in [7, 11) is 4.15. The zero-order valence-electron chi connectivity index (χ0n) is 17.0. The zero-order chi connectivity index (χ0) is 18.9. The summed E-state index contributed by atoms with van der Waals surface area (Å²) in [6.45, 7) is 7.55. The van der Waals surface area contributed by atoms with E-state index in [4.69, 9.17) is 0 Å². The van der Waals surface area contributed by atoms with Crippen LogP contribution in [-0.2, 0) is 4.79 Å². The lowest BCUT2D eigenvalue weighted by Gasteiger charge is -2.26. The second-order valence-electron chi connectivity index (χ2n) is 7.05. The fourth-order valence-electron chi connectivity index (χ4n) is 3.14. The van der Waals surface area contributed by atoms with Gasteiger partial charge in [-0.1, -0.05) is 29.8 Å². The van der Waals surface area contributed by atoms with Crippen LogP contribution in [0.15, 0.2) is 29.3 Å². The molecule has 0 bridgehead atoms. The van der Waals surface area contributed by atoms with E-state index >= 15 is 0 Å². The van der Waals surface area contributed by atoms with Crippen LogP contribution < -0.4 is 10.6 Å². The first-order chi connectivity index (χ1) is 12.5. The van der Waals surface area contributed by atoms with Gasteiger partial charge < -0.3 is 20.4 Å². The summed E-state index contributed by atoms with van der Waals surface area (Å²) in [6.07, 6.45) is 2.21. The summed E-state index contributed by atoms with van der Waals surface area (Å²) in [5, 5.41) is 6.62. The smallest absolute Gasteiger partial charge is 0.244 e. The van der Waals surface area contributed by atoms with Crippen molar-refractivity contribution in [3.05, 3.63) is 35.4 Å². The Balaban J connectivity index is 0.00000364. The Morgan fingerprint density at radius 1 is 1.19 bits per heavy atom. The van der Waals surface area contributed by atoms with Crippen LogP contribution in [0.4, 0.5) is 0 Å². The highest BCUT2D eigenvalue weighted by molar-refractivity contribution is 14.0. The molecule has 1 aliphatic rings. The quantitative estimate of drug-likeness (QED) is 0.353. The Labute approximate surface area is 180 Å². The lowest BCUT2D eigenvalue weighted by molar-refractivity contribution is -0.128. The Kier molecular flexibility index (Phi) is 10.7. The number of hydrogen-bond acceptors (Lipinski definition) is 3. The van der Waals surface area contributed by atoms with Crippen LogP contribution in [-0.4, -0.2) is 68.5 Å². The largest absolute Gasteiger partial charge is 0.357 e. The molecule has 0 spiro atoms. The van der Waals surface area contributed by atoms with Crippen molar-refractivity contribution in [1.82, 2.24) is 20.4 Å². The number of carbonyl (C=O) groups excluding carboxylic acids is 1. The summed E-state index contributed by atoms with van der Waals surface area (Å²) in [5.41, 5.74) is 2.52. The minimum Gasteiger partial charge on any atom is -0.357 e. The van der Waals surface area contributed by atoms with Gasteiger partial charge in [-0.15, -0.1) is 24.0 Å². The van der Waals surface area contributed by atoms with E-state index in [0.29, 0.717) is 5.96 Å². The van der Waals surface area contributed by atoms with Crippen molar-refractivity contribution >= 4 is 35.8 Å². The highest BCUT2D eigenvalue weighted by Gasteiger charge is 2.18. The highest BCUT2D eigenvalue weighted by atomic mass is 127. The van der Waals surface area contributed by atoms with Crippen LogP contribution in [0.2, 0.25) is 0 Å². The molecule has 2 N–H and O–H groups in total. The van der Waals surface area contributed by atoms with Gasteiger partial charge in [-0.2, -0.15) is 0 Å². The number of likely N-dealkylation sites (tertiary alicyclic amines) is 1. The fourth-order valence-corrected chi connectivity index (χ4v) is 3.14. The minimum absolute atomic E-state index is 0. The van der Waals surface area contributed by atoms with Gasteiger partial charge in [0.2, 0.25) is 5.91 Å². The van der Waals surface area contributed by atoms with Crippen molar-refractivity contribution in [2.24, 2.45) is 4.99 Å². The van der Waals surface area contributed by atoms with Gasteiger partial charge in [-0.05, 0) is 46.3 Å². The van der Waals surface area contributed by atoms with Crippen LogP contribution in [0.25, 0.3) is 0 Å². The van der Waals surface area contributed by atoms with Gasteiger partial charge in [-0.25, -0.2) is 4.99 Å². The molecule has 2 rings (SSSR count). The van der Waals surface area contributed by atoms with Crippen molar-refractivity contribution in [1.29, 1.82) is 0 Å². The van der Waals surface area contributed by atoms with Gasteiger partial charge in [0.05, 0.1) is 6.04 Å². The average Bonchev–Trinajstić information content (AvgIpc) is 3.15. The summed E-state index contributed by atoms with van der Waals surface area (Å²) >= 11 is 0. The number of halogens is 1. The normalized spacial score (nSPS) is 15.4. The van der Waals surface area contributed by atoms with E-state index in [1.54, 1.807) is 0 Å². The van der Waals surface area contributed by atoms with Crippen molar-refractivity contribution in [3.8, 4) is 0 Å². The van der Waals surface area contributed by atoms with Crippen LogP contribution in [0.1, 0.15) is 36.9 Å². The van der Waals surface area contributed by atoms with Crippen LogP contribution in [0.5, 0.6) is 0 Å². The first-order valence-corrected chi connectivity index (χ1v) is 9.54. The molecule has 0 aromatic heterocycles. The molecule has 1 atom stereocenters. The number of nitrogens with one attached hydrogen (secondary N) is 2. The molecule has 1 aromatic carbocycles. The predicted molar refractivity (Wildman–Crippen MR) is 123 cm³/mol. The number of guanidine groups is 1. The number of nitrogens with zero attached hydrogens (tertiary/aromatic N) is 3. The Hall–Kier alpha value is -1.35. The van der Waals surface area contributed by atoms with Crippen LogP contribution in [0.3, 0.4) is 0 Å². The predicted octanol–water partition coefficient (Wildman–Crippen LogP) is 2.39. The number of benzene rings is 1. The number of likely N-dealkylation sites (N-methyl/N-ethyl adjacent to an activating group) is 1. The molecule has 27 heavy (non-hydrogen) atoms. The molecule has 0 saturated carbocycles. The molecule has 1 fully saturated rings. The van der Waals surface area contributed by atoms with E-state index in [2.05, 4.69) is 65.8 Å². The molecule has 1 aliphatic heterocycles. The monoisotopic (exact) mass is 487 g/mol. The zero-order valence-corrected chi connectivity index (χ0v) is 19.3. The SMILES string of the molecule is CCNC(=NCC(=O)N1CCCC1)NCC(c1ccc(C)cc1)N(C)C.I. The lowest BCUT2D eigenvalue weighted by Crippen LogP contribution is -2.42. The van der Waals surface area contributed by atoms with Crippen molar-refractivity contribution in [2.45, 2.75) is 32.7 Å². The van der Waals surface area contributed by atoms with Crippen LogP contribution >= 0.6 is 24.0 Å². The van der Waals surface area contributed by atoms with E-state index in [1.807, 2.05) is 11.8 Å². The number of amides is 1. The van der Waals surface area contributed by atoms with E-state index in [-0.39, 0.29) is 42.5 Å². The molecule has 1 aromatic rings. The third-order valence-electron chi connectivity index (χ3n) is 4.72. The molecule has 1 heterocycles. The van der Waals surface area contributed by atoms with E-state index in [0.717, 1.165) is 39.0 Å². The Morgan fingerprint density at radius 3 is 2.37 bits per heavy atom. The first kappa shape index (κ1) is 23.7. The van der Waals surface area contributed by atoms with E-state index in [9.17, 15) is 4.79 Å². The number of carbonyl (C=O) groups is 1. The molecule has 7 heteroatoms. The molecular formula is C20H34IN5O. The molecule has 0 aliphatic carbocycles. The first-order valence-electron chi connectivity index (χ1n) is 9.54. The van der Waals surface area contributed by atoms with Crippen LogP contribution in [0, 0.1) is 6.92 Å². The maximum atomic E-state index is 12.2. The minimum atomic E-state index is 0. The van der Waals surface area contributed by atoms with Gasteiger partial charge >= 0.3 is 0 Å². The maximum Gasteiger partial charge on any atom is 0.244 e. The molecule has 1 saturated heterocycles. The standard InChI is InChI=1S/C20H33N5O.HI/c1-5-21-20(23-15-19(26)25-12-6-7-13-25)22-14-18(24(3)4)17-10-8-16(2)9-11-17;/h8-11,18H,5-7,12-15H2,1-4H3,(H2,21,22,23);1H. The molecule has 0 radical (unpaired) electrons. The number of hydrogen-bond donors (Lipinski definition) is 2. The highest BCUT2D eigenvalue weighted by Crippen LogP contribution is 2.17. The fraction of sp³-hybridized carbons (Fsp3) is 0.600. The van der Waals surface area contributed by atoms with Gasteiger partial charge in [0, 0.05) is 26.2 Å². The van der Waals surface area contributed by atoms with Crippen molar-refractivity contribution in [3.63, 3.8) is 0 Å². The van der Waals surface area contributed by atoms with E-state index < -0.39 is 0 Å². The third-order valence-corrected chi connectivity index (χ3v) is 4.72. The van der Waals surface area contributed by atoms with Gasteiger partial charge in [-0.3, -0.25) is 4.79 Å². The molecular weight excluding hydrogens is 453 g/mol. The lowest BCUT2D eigenvalue weighted by atomic mass is 10.0. The summed E-state index contributed by atoms with van der Waals surface area (Å²) in [5.74, 6) is 0.807. The average molecular weight is 487 g/mol. The van der Waals surface area contributed by atoms with Crippen molar-refractivity contribution < 1.29 is 4.79 Å². The topological polar surface area (TPSA) is 60.0 Å². The molecule has 6 nitrogen and oxygen atoms in total. The summed E-state index contributed by atoms with van der Waals surface area (Å²) in [4.78, 5) is 20.8. The number of aliphatic imine (C=N–C) groups is 1. The summed E-state index contributed by atoms with van der Waals surface area (Å²) < 4.78 is 0. The summed E-state index contributed by atoms with van der Waals surface area (Å²) in [6, 6.07) is 8.85.